The van der Waals surface area contributed by atoms with Gasteiger partial charge < -0.3 is 9.47 Å². The number of allylic oxidation sites excluding steroid dienone is 1. The maximum atomic E-state index is 14.0. The molecule has 0 saturated heterocycles. The number of hydrogen-bond acceptors (Lipinski definition) is 8. The van der Waals surface area contributed by atoms with Gasteiger partial charge in [-0.1, -0.05) is 53.8 Å². The van der Waals surface area contributed by atoms with Crippen LogP contribution in [-0.4, -0.2) is 27.6 Å². The second-order valence-electron chi connectivity index (χ2n) is 7.95. The highest BCUT2D eigenvalue weighted by molar-refractivity contribution is 7.07. The monoisotopic (exact) mass is 536 g/mol. The van der Waals surface area contributed by atoms with Crippen molar-refractivity contribution in [3.05, 3.63) is 114 Å². The van der Waals surface area contributed by atoms with E-state index < -0.39 is 17.8 Å². The van der Waals surface area contributed by atoms with E-state index in [9.17, 15) is 14.0 Å². The van der Waals surface area contributed by atoms with Gasteiger partial charge in [0.15, 0.2) is 4.80 Å². The maximum absolute atomic E-state index is 14.0. The number of fused-ring (bicyclic) bond motifs is 1. The number of rotatable bonds is 5. The number of esters is 1. The van der Waals surface area contributed by atoms with Gasteiger partial charge in [0.05, 0.1) is 35.2 Å². The van der Waals surface area contributed by atoms with Crippen LogP contribution in [0.3, 0.4) is 0 Å². The van der Waals surface area contributed by atoms with Crippen LogP contribution in [0.5, 0.6) is 11.6 Å². The van der Waals surface area contributed by atoms with E-state index in [1.807, 2.05) is 30.3 Å². The van der Waals surface area contributed by atoms with Crippen molar-refractivity contribution < 1.29 is 18.7 Å². The summed E-state index contributed by atoms with van der Waals surface area (Å²) in [6.45, 7) is 1.72. The van der Waals surface area contributed by atoms with Crippen LogP contribution in [-0.2, 0) is 9.53 Å². The van der Waals surface area contributed by atoms with Gasteiger partial charge in [-0.3, -0.25) is 9.36 Å². The summed E-state index contributed by atoms with van der Waals surface area (Å²) in [4.78, 5) is 38.6. The molecule has 1 aliphatic heterocycles. The first-order valence-electron chi connectivity index (χ1n) is 11.0. The molecule has 1 atom stereocenters. The summed E-state index contributed by atoms with van der Waals surface area (Å²) >= 11 is 6.94. The number of carbonyl (C=O) groups excluding carboxylic acids is 1. The minimum atomic E-state index is -0.763. The van der Waals surface area contributed by atoms with Gasteiger partial charge in [-0.05, 0) is 47.9 Å². The number of thiazole rings is 1. The molecule has 0 amide bonds. The molecule has 5 rings (SSSR count). The fraction of sp³-hybridized carbons (Fsp3) is 0.115. The highest BCUT2D eigenvalue weighted by atomic mass is 35.5. The molecule has 2 aromatic heterocycles. The second kappa shape index (κ2) is 10.1. The third kappa shape index (κ3) is 4.81. The lowest BCUT2D eigenvalue weighted by Crippen LogP contribution is -2.39. The van der Waals surface area contributed by atoms with E-state index in [1.54, 1.807) is 37.3 Å². The molecular weight excluding hydrogens is 519 g/mol. The van der Waals surface area contributed by atoms with E-state index >= 15 is 0 Å². The molecule has 0 saturated carbocycles. The second-order valence-corrected chi connectivity index (χ2v) is 9.30. The summed E-state index contributed by atoms with van der Waals surface area (Å²) < 4.78 is 26.4. The van der Waals surface area contributed by atoms with Crippen molar-refractivity contribution in [1.82, 2.24) is 14.5 Å². The summed E-state index contributed by atoms with van der Waals surface area (Å²) in [5.41, 5.74) is 1.85. The quantitative estimate of drug-likeness (QED) is 0.284. The van der Waals surface area contributed by atoms with Crippen LogP contribution in [0.4, 0.5) is 4.39 Å². The number of methoxy groups -OCH3 is 1. The van der Waals surface area contributed by atoms with Crippen LogP contribution < -0.4 is 19.6 Å². The first-order valence-corrected chi connectivity index (χ1v) is 12.2. The molecule has 3 heterocycles. The average Bonchev–Trinajstić information content (AvgIpc) is 3.19. The largest absolute Gasteiger partial charge is 0.466 e. The van der Waals surface area contributed by atoms with Crippen LogP contribution in [0.2, 0.25) is 5.28 Å². The van der Waals surface area contributed by atoms with E-state index in [2.05, 4.69) is 15.0 Å². The fourth-order valence-electron chi connectivity index (χ4n) is 3.98. The zero-order valence-electron chi connectivity index (χ0n) is 19.5. The van der Waals surface area contributed by atoms with E-state index in [-0.39, 0.29) is 16.7 Å². The molecule has 0 radical (unpaired) electrons. The smallest absolute Gasteiger partial charge is 0.338 e. The zero-order valence-corrected chi connectivity index (χ0v) is 21.1. The van der Waals surface area contributed by atoms with Crippen molar-refractivity contribution >= 4 is 35.0 Å². The van der Waals surface area contributed by atoms with Gasteiger partial charge in [-0.25, -0.2) is 14.8 Å². The molecular formula is C26H18ClFN4O4S. The number of carbonyl (C=O) groups is 1. The first kappa shape index (κ1) is 24.5. The van der Waals surface area contributed by atoms with Crippen molar-refractivity contribution in [3.8, 4) is 11.6 Å². The molecule has 0 N–H and O–H groups in total. The van der Waals surface area contributed by atoms with Gasteiger partial charge in [0.2, 0.25) is 11.1 Å². The van der Waals surface area contributed by atoms with Crippen LogP contribution >= 0.6 is 22.9 Å². The normalized spacial score (nSPS) is 15.2. The topological polar surface area (TPSA) is 95.7 Å². The third-order valence-corrected chi connectivity index (χ3v) is 6.76. The summed E-state index contributed by atoms with van der Waals surface area (Å²) in [7, 11) is 1.30. The molecule has 8 nitrogen and oxygen atoms in total. The number of ether oxygens (including phenoxy) is 2. The Morgan fingerprint density at radius 1 is 1.19 bits per heavy atom. The Kier molecular flexibility index (Phi) is 6.68. The van der Waals surface area contributed by atoms with Crippen LogP contribution in [0.15, 0.2) is 81.9 Å². The molecule has 11 heteroatoms. The molecule has 1 unspecified atom stereocenters. The number of nitrogens with zero attached hydrogens (tertiary/aromatic N) is 4. The summed E-state index contributed by atoms with van der Waals surface area (Å²) in [5, 5.41) is -0.150. The minimum absolute atomic E-state index is 0.150. The molecule has 0 aliphatic carbocycles. The van der Waals surface area contributed by atoms with Gasteiger partial charge >= 0.3 is 5.97 Å². The molecule has 1 aliphatic rings. The maximum Gasteiger partial charge on any atom is 0.338 e. The van der Waals surface area contributed by atoms with Gasteiger partial charge in [0.1, 0.15) is 5.75 Å². The molecule has 0 bridgehead atoms. The van der Waals surface area contributed by atoms with E-state index in [0.29, 0.717) is 31.9 Å². The summed E-state index contributed by atoms with van der Waals surface area (Å²) in [6, 6.07) is 15.3. The lowest BCUT2D eigenvalue weighted by Gasteiger charge is -2.24. The van der Waals surface area contributed by atoms with Crippen LogP contribution in [0, 0.1) is 5.82 Å². The van der Waals surface area contributed by atoms with Crippen molar-refractivity contribution in [2.75, 3.05) is 7.11 Å². The Bertz CT molecular complexity index is 1730. The number of benzene rings is 2. The Hall–Kier alpha value is -4.15. The van der Waals surface area contributed by atoms with Gasteiger partial charge in [0, 0.05) is 0 Å². The fourth-order valence-corrected chi connectivity index (χ4v) is 5.15. The van der Waals surface area contributed by atoms with Crippen LogP contribution in [0.1, 0.15) is 24.1 Å². The average molecular weight is 537 g/mol. The summed E-state index contributed by atoms with van der Waals surface area (Å²) in [5.74, 6) is -1.33. The van der Waals surface area contributed by atoms with Gasteiger partial charge in [-0.2, -0.15) is 9.37 Å². The predicted octanol–water partition coefficient (Wildman–Crippen LogP) is 3.78. The highest BCUT2D eigenvalue weighted by Gasteiger charge is 2.32. The molecule has 2 aromatic carbocycles. The van der Waals surface area contributed by atoms with Gasteiger partial charge in [-0.15, -0.1) is 0 Å². The minimum Gasteiger partial charge on any atom is -0.466 e. The highest BCUT2D eigenvalue weighted by Crippen LogP contribution is 2.30. The van der Waals surface area contributed by atoms with E-state index in [4.69, 9.17) is 21.1 Å². The lowest BCUT2D eigenvalue weighted by molar-refractivity contribution is -0.136. The van der Waals surface area contributed by atoms with Crippen LogP contribution in [0.25, 0.3) is 6.08 Å². The Labute approximate surface area is 218 Å². The lowest BCUT2D eigenvalue weighted by atomic mass is 9.96. The Morgan fingerprint density at radius 3 is 2.73 bits per heavy atom. The van der Waals surface area contributed by atoms with E-state index in [0.717, 1.165) is 11.8 Å². The van der Waals surface area contributed by atoms with Crippen molar-refractivity contribution in [2.24, 2.45) is 4.99 Å². The predicted molar refractivity (Wildman–Crippen MR) is 136 cm³/mol. The number of halogens is 2. The zero-order chi connectivity index (χ0) is 26.1. The molecule has 37 heavy (non-hydrogen) atoms. The molecule has 0 fully saturated rings. The number of hydrogen-bond donors (Lipinski definition) is 0. The number of aromatic nitrogens is 3. The molecule has 0 spiro atoms. The van der Waals surface area contributed by atoms with E-state index in [1.165, 1.54) is 23.0 Å². The summed E-state index contributed by atoms with van der Waals surface area (Å²) in [6.07, 6.45) is 2.60. The van der Waals surface area contributed by atoms with Crippen molar-refractivity contribution in [3.63, 3.8) is 0 Å². The third-order valence-electron chi connectivity index (χ3n) is 5.60. The Balaban J connectivity index is 1.60. The molecule has 186 valence electrons. The standard InChI is InChI=1S/C26H18ClFN4O4S/c1-14-20(24(34)35-2)21(16-8-4-3-5-9-16)32-23(33)19(37-26(32)30-14)12-15-7-6-10-17(11-15)36-22-18(28)13-29-25(27)31-22/h3-13,21H,1-2H3. The van der Waals surface area contributed by atoms with Gasteiger partial charge in [0.25, 0.3) is 11.4 Å². The SMILES string of the molecule is COC(=O)C1=C(C)N=c2sc(=Cc3cccc(Oc4nc(Cl)ncc4F)c3)c(=O)n2C1c1ccccc1. The first-order chi connectivity index (χ1) is 17.9. The van der Waals surface area contributed by atoms with Crippen molar-refractivity contribution in [2.45, 2.75) is 13.0 Å². The van der Waals surface area contributed by atoms with Crippen molar-refractivity contribution in [1.29, 1.82) is 0 Å². The molecule has 4 aromatic rings. The Morgan fingerprint density at radius 2 is 1.97 bits per heavy atom.